The van der Waals surface area contributed by atoms with Gasteiger partial charge in [-0.2, -0.15) is 4.99 Å². The van der Waals surface area contributed by atoms with Crippen LogP contribution in [0.5, 0.6) is 0 Å². The predicted octanol–water partition coefficient (Wildman–Crippen LogP) is 0.471. The van der Waals surface area contributed by atoms with Gasteiger partial charge < -0.3 is 15.4 Å². The van der Waals surface area contributed by atoms with Crippen LogP contribution in [0.1, 0.15) is 19.8 Å². The molecule has 1 saturated heterocycles. The average Bonchev–Trinajstić information content (AvgIpc) is 2.62. The quantitative estimate of drug-likeness (QED) is 0.417. The molecule has 0 aliphatic carbocycles. The van der Waals surface area contributed by atoms with Crippen LogP contribution in [0, 0.1) is 0 Å². The number of hydrogen-bond donors (Lipinski definition) is 1. The number of nitrogens with zero attached hydrogens (tertiary/aromatic N) is 2. The SMILES string of the molecule is CC1CCC(N(C)/C=C\C(N)=NC=O)O1. The monoisotopic (exact) mass is 211 g/mol. The van der Waals surface area contributed by atoms with Crippen LogP contribution in [0.25, 0.3) is 0 Å². The van der Waals surface area contributed by atoms with Crippen molar-refractivity contribution in [2.75, 3.05) is 7.05 Å². The molecule has 1 amide bonds. The topological polar surface area (TPSA) is 67.9 Å². The molecule has 0 aromatic rings. The van der Waals surface area contributed by atoms with Crippen LogP contribution < -0.4 is 5.73 Å². The van der Waals surface area contributed by atoms with Gasteiger partial charge in [-0.25, -0.2) is 0 Å². The van der Waals surface area contributed by atoms with E-state index in [0.29, 0.717) is 12.5 Å². The summed E-state index contributed by atoms with van der Waals surface area (Å²) in [6, 6.07) is 0. The zero-order chi connectivity index (χ0) is 11.3. The Morgan fingerprint density at radius 3 is 2.87 bits per heavy atom. The number of amidine groups is 1. The number of ether oxygens (including phenoxy) is 1. The molecule has 5 heteroatoms. The minimum absolute atomic E-state index is 0.0975. The van der Waals surface area contributed by atoms with Crippen LogP contribution >= 0.6 is 0 Å². The van der Waals surface area contributed by atoms with Crippen LogP contribution in [0.4, 0.5) is 0 Å². The molecule has 1 rings (SSSR count). The molecule has 0 spiro atoms. The summed E-state index contributed by atoms with van der Waals surface area (Å²) in [4.78, 5) is 15.3. The molecule has 1 fully saturated rings. The van der Waals surface area contributed by atoms with E-state index in [0.717, 1.165) is 12.8 Å². The summed E-state index contributed by atoms with van der Waals surface area (Å²) >= 11 is 0. The van der Waals surface area contributed by atoms with E-state index in [1.165, 1.54) is 0 Å². The Kier molecular flexibility index (Phi) is 4.30. The fourth-order valence-corrected chi connectivity index (χ4v) is 1.47. The highest BCUT2D eigenvalue weighted by atomic mass is 16.5. The van der Waals surface area contributed by atoms with Crippen molar-refractivity contribution in [3.63, 3.8) is 0 Å². The summed E-state index contributed by atoms with van der Waals surface area (Å²) in [5.41, 5.74) is 5.42. The third-order valence-electron chi connectivity index (χ3n) is 2.35. The van der Waals surface area contributed by atoms with Crippen molar-refractivity contribution in [1.29, 1.82) is 0 Å². The summed E-state index contributed by atoms with van der Waals surface area (Å²) in [6.45, 7) is 2.06. The normalized spacial score (nSPS) is 27.2. The predicted molar refractivity (Wildman–Crippen MR) is 58.2 cm³/mol. The minimum atomic E-state index is 0.0975. The molecule has 2 N–H and O–H groups in total. The van der Waals surface area contributed by atoms with Crippen molar-refractivity contribution in [3.8, 4) is 0 Å². The Morgan fingerprint density at radius 1 is 1.60 bits per heavy atom. The van der Waals surface area contributed by atoms with E-state index < -0.39 is 0 Å². The fraction of sp³-hybridized carbons (Fsp3) is 0.600. The highest BCUT2D eigenvalue weighted by molar-refractivity contribution is 5.95. The van der Waals surface area contributed by atoms with Gasteiger partial charge in [0, 0.05) is 13.2 Å². The molecule has 2 atom stereocenters. The molecule has 0 saturated carbocycles. The van der Waals surface area contributed by atoms with Gasteiger partial charge in [0.15, 0.2) is 0 Å². The highest BCUT2D eigenvalue weighted by Gasteiger charge is 2.23. The first-order valence-electron chi connectivity index (χ1n) is 4.96. The van der Waals surface area contributed by atoms with Crippen molar-refractivity contribution in [3.05, 3.63) is 12.3 Å². The maximum Gasteiger partial charge on any atom is 0.234 e. The Labute approximate surface area is 89.6 Å². The Hall–Kier alpha value is -1.36. The molecule has 15 heavy (non-hydrogen) atoms. The molecule has 1 aliphatic heterocycles. The standard InChI is InChI=1S/C10H17N3O2/c1-8-3-4-10(15-8)13(2)6-5-9(11)12-7-14/h5-8,10H,3-4H2,1-2H3,(H2,11,12,14)/b6-5-. The van der Waals surface area contributed by atoms with Crippen LogP contribution in [0.2, 0.25) is 0 Å². The smallest absolute Gasteiger partial charge is 0.234 e. The van der Waals surface area contributed by atoms with Crippen LogP contribution in [-0.4, -0.2) is 36.5 Å². The van der Waals surface area contributed by atoms with E-state index >= 15 is 0 Å². The third kappa shape index (κ3) is 3.71. The van der Waals surface area contributed by atoms with Gasteiger partial charge >= 0.3 is 0 Å². The Bertz CT molecular complexity index is 276. The molecule has 0 aromatic carbocycles. The van der Waals surface area contributed by atoms with Gasteiger partial charge in [0.2, 0.25) is 6.41 Å². The lowest BCUT2D eigenvalue weighted by Gasteiger charge is -2.22. The van der Waals surface area contributed by atoms with Gasteiger partial charge in [0.25, 0.3) is 0 Å². The summed E-state index contributed by atoms with van der Waals surface area (Å²) in [6.07, 6.45) is 6.26. The molecule has 2 unspecified atom stereocenters. The Morgan fingerprint density at radius 2 is 2.33 bits per heavy atom. The molecule has 0 bridgehead atoms. The van der Waals surface area contributed by atoms with Crippen molar-refractivity contribution in [2.24, 2.45) is 10.7 Å². The van der Waals surface area contributed by atoms with E-state index in [4.69, 9.17) is 10.5 Å². The maximum absolute atomic E-state index is 10.0. The summed E-state index contributed by atoms with van der Waals surface area (Å²) in [7, 11) is 1.91. The van der Waals surface area contributed by atoms with Crippen LogP contribution in [-0.2, 0) is 9.53 Å². The molecule has 1 aliphatic rings. The first kappa shape index (κ1) is 11.7. The fourth-order valence-electron chi connectivity index (χ4n) is 1.47. The maximum atomic E-state index is 10.0. The van der Waals surface area contributed by atoms with Crippen LogP contribution in [0.15, 0.2) is 17.3 Å². The average molecular weight is 211 g/mol. The van der Waals surface area contributed by atoms with Crippen molar-refractivity contribution < 1.29 is 9.53 Å². The second kappa shape index (κ2) is 5.50. The van der Waals surface area contributed by atoms with Crippen molar-refractivity contribution in [2.45, 2.75) is 32.1 Å². The van der Waals surface area contributed by atoms with Gasteiger partial charge in [-0.1, -0.05) is 0 Å². The van der Waals surface area contributed by atoms with Gasteiger partial charge in [-0.15, -0.1) is 0 Å². The molecule has 84 valence electrons. The number of rotatable bonds is 4. The zero-order valence-corrected chi connectivity index (χ0v) is 9.09. The van der Waals surface area contributed by atoms with E-state index in [9.17, 15) is 4.79 Å². The molecule has 0 aromatic heterocycles. The summed E-state index contributed by atoms with van der Waals surface area (Å²) in [5, 5.41) is 0. The zero-order valence-electron chi connectivity index (χ0n) is 9.09. The number of hydrogen-bond acceptors (Lipinski definition) is 3. The third-order valence-corrected chi connectivity index (χ3v) is 2.35. The number of carbonyl (C=O) groups excluding carboxylic acids is 1. The van der Waals surface area contributed by atoms with Gasteiger partial charge in [0.05, 0.1) is 6.10 Å². The highest BCUT2D eigenvalue weighted by Crippen LogP contribution is 2.21. The summed E-state index contributed by atoms with van der Waals surface area (Å²) < 4.78 is 5.64. The van der Waals surface area contributed by atoms with E-state index in [-0.39, 0.29) is 12.1 Å². The number of aliphatic imine (C=N–C) groups is 1. The lowest BCUT2D eigenvalue weighted by molar-refractivity contribution is -0.106. The first-order valence-corrected chi connectivity index (χ1v) is 4.96. The molecular weight excluding hydrogens is 194 g/mol. The molecule has 1 heterocycles. The minimum Gasteiger partial charge on any atom is -0.384 e. The first-order chi connectivity index (χ1) is 7.13. The van der Waals surface area contributed by atoms with Gasteiger partial charge in [-0.05, 0) is 25.8 Å². The van der Waals surface area contributed by atoms with E-state index in [1.54, 1.807) is 12.3 Å². The summed E-state index contributed by atoms with van der Waals surface area (Å²) in [5.74, 6) is 0.197. The van der Waals surface area contributed by atoms with Crippen LogP contribution in [0.3, 0.4) is 0 Å². The van der Waals surface area contributed by atoms with Gasteiger partial charge in [-0.3, -0.25) is 4.79 Å². The Balaban J connectivity index is 2.44. The molecule has 0 radical (unpaired) electrons. The number of carbonyl (C=O) groups is 1. The number of amides is 1. The van der Waals surface area contributed by atoms with Crippen molar-refractivity contribution in [1.82, 2.24) is 4.90 Å². The van der Waals surface area contributed by atoms with E-state index in [1.807, 2.05) is 11.9 Å². The molecule has 5 nitrogen and oxygen atoms in total. The van der Waals surface area contributed by atoms with Crippen molar-refractivity contribution >= 4 is 12.2 Å². The lowest BCUT2D eigenvalue weighted by Crippen LogP contribution is -2.27. The molecular formula is C10H17N3O2. The second-order valence-corrected chi connectivity index (χ2v) is 3.62. The van der Waals surface area contributed by atoms with Gasteiger partial charge in [0.1, 0.15) is 12.1 Å². The second-order valence-electron chi connectivity index (χ2n) is 3.62. The largest absolute Gasteiger partial charge is 0.384 e. The number of nitrogens with two attached hydrogens (primary N) is 1. The van der Waals surface area contributed by atoms with E-state index in [2.05, 4.69) is 11.9 Å². The lowest BCUT2D eigenvalue weighted by atomic mass is 10.2.